The van der Waals surface area contributed by atoms with Gasteiger partial charge in [-0.1, -0.05) is 61.0 Å². The molecule has 3 heteroatoms. The van der Waals surface area contributed by atoms with Crippen LogP contribution in [0.1, 0.15) is 30.0 Å². The van der Waals surface area contributed by atoms with Gasteiger partial charge in [0, 0.05) is 28.0 Å². The number of hydrogen-bond acceptors (Lipinski definition) is 3. The maximum atomic E-state index is 12.1. The summed E-state index contributed by atoms with van der Waals surface area (Å²) in [6.45, 7) is 7.76. The SMILES string of the molecule is C=CC(=O)Oc1c2c(c(Oc3ccccc3)c3cc(C)ccc13)CC=C(CC)C2. The van der Waals surface area contributed by atoms with E-state index < -0.39 is 5.97 Å². The van der Waals surface area contributed by atoms with E-state index >= 15 is 0 Å². The van der Waals surface area contributed by atoms with Gasteiger partial charge in [-0.05, 0) is 44.4 Å². The largest absolute Gasteiger partial charge is 0.456 e. The van der Waals surface area contributed by atoms with Gasteiger partial charge in [-0.15, -0.1) is 0 Å². The van der Waals surface area contributed by atoms with E-state index in [1.165, 1.54) is 11.6 Å². The van der Waals surface area contributed by atoms with Gasteiger partial charge in [0.2, 0.25) is 0 Å². The molecular weight excluding hydrogens is 360 g/mol. The molecule has 0 radical (unpaired) electrons. The highest BCUT2D eigenvalue weighted by Crippen LogP contribution is 2.46. The number of benzene rings is 3. The number of allylic oxidation sites excluding steroid dienone is 2. The van der Waals surface area contributed by atoms with Crippen molar-refractivity contribution in [3.8, 4) is 17.2 Å². The molecule has 0 saturated heterocycles. The Morgan fingerprint density at radius 3 is 2.59 bits per heavy atom. The first kappa shape index (κ1) is 19.0. The van der Waals surface area contributed by atoms with Crippen LogP contribution in [0.3, 0.4) is 0 Å². The Bertz CT molecular complexity index is 1120. The molecule has 3 nitrogen and oxygen atoms in total. The number of ether oxygens (including phenoxy) is 2. The number of rotatable bonds is 5. The third-order valence-electron chi connectivity index (χ3n) is 5.36. The zero-order chi connectivity index (χ0) is 20.4. The van der Waals surface area contributed by atoms with Crippen molar-refractivity contribution in [2.45, 2.75) is 33.1 Å². The molecule has 1 aliphatic rings. The molecule has 0 atom stereocenters. The van der Waals surface area contributed by atoms with E-state index in [4.69, 9.17) is 9.47 Å². The van der Waals surface area contributed by atoms with Crippen molar-refractivity contribution in [3.05, 3.63) is 89.5 Å². The van der Waals surface area contributed by atoms with Gasteiger partial charge in [0.25, 0.3) is 0 Å². The Balaban J connectivity index is 1.99. The van der Waals surface area contributed by atoms with Crippen LogP contribution in [0.4, 0.5) is 0 Å². The van der Waals surface area contributed by atoms with Gasteiger partial charge in [-0.3, -0.25) is 0 Å². The molecule has 0 amide bonds. The lowest BCUT2D eigenvalue weighted by molar-refractivity contribution is -0.128. The fraction of sp³-hybridized carbons (Fsp3) is 0.192. The van der Waals surface area contributed by atoms with Gasteiger partial charge in [0.15, 0.2) is 0 Å². The number of hydrogen-bond donors (Lipinski definition) is 0. The normalized spacial score (nSPS) is 12.8. The standard InChI is InChI=1S/C26H24O3/c1-4-18-12-14-21-23(16-18)26(29-24(27)5-2)20-13-11-17(3)15-22(20)25(21)28-19-9-7-6-8-10-19/h5-13,15H,2,4,14,16H2,1,3H3. The Labute approximate surface area is 171 Å². The first-order valence-corrected chi connectivity index (χ1v) is 9.93. The zero-order valence-electron chi connectivity index (χ0n) is 16.8. The van der Waals surface area contributed by atoms with Gasteiger partial charge in [0.1, 0.15) is 17.2 Å². The number of carbonyl (C=O) groups excluding carboxylic acids is 1. The Morgan fingerprint density at radius 1 is 1.07 bits per heavy atom. The number of esters is 1. The van der Waals surface area contributed by atoms with Gasteiger partial charge in [-0.2, -0.15) is 0 Å². The molecule has 0 fully saturated rings. The smallest absolute Gasteiger partial charge is 0.335 e. The average Bonchev–Trinajstić information content (AvgIpc) is 2.76. The molecule has 3 aromatic rings. The van der Waals surface area contributed by atoms with E-state index in [9.17, 15) is 4.79 Å². The van der Waals surface area contributed by atoms with E-state index in [1.807, 2.05) is 42.5 Å². The maximum absolute atomic E-state index is 12.1. The van der Waals surface area contributed by atoms with E-state index in [0.717, 1.165) is 58.2 Å². The zero-order valence-corrected chi connectivity index (χ0v) is 16.8. The van der Waals surface area contributed by atoms with Crippen molar-refractivity contribution >= 4 is 16.7 Å². The van der Waals surface area contributed by atoms with Crippen molar-refractivity contribution in [2.24, 2.45) is 0 Å². The number of aryl methyl sites for hydroxylation is 1. The van der Waals surface area contributed by atoms with Gasteiger partial charge >= 0.3 is 5.97 Å². The topological polar surface area (TPSA) is 35.5 Å². The van der Waals surface area contributed by atoms with Crippen LogP contribution in [0.5, 0.6) is 17.2 Å². The lowest BCUT2D eigenvalue weighted by atomic mass is 9.86. The second-order valence-electron chi connectivity index (χ2n) is 7.30. The minimum Gasteiger partial charge on any atom is -0.456 e. The average molecular weight is 384 g/mol. The van der Waals surface area contributed by atoms with Crippen molar-refractivity contribution in [1.29, 1.82) is 0 Å². The fourth-order valence-electron chi connectivity index (χ4n) is 3.84. The molecular formula is C26H24O3. The van der Waals surface area contributed by atoms with Gasteiger partial charge < -0.3 is 9.47 Å². The van der Waals surface area contributed by atoms with Gasteiger partial charge in [0.05, 0.1) is 0 Å². The molecule has 0 bridgehead atoms. The van der Waals surface area contributed by atoms with Crippen LogP contribution >= 0.6 is 0 Å². The molecule has 0 aromatic heterocycles. The van der Waals surface area contributed by atoms with Crippen LogP contribution in [0.2, 0.25) is 0 Å². The van der Waals surface area contributed by atoms with Crippen LogP contribution in [-0.4, -0.2) is 5.97 Å². The first-order valence-electron chi connectivity index (χ1n) is 9.93. The summed E-state index contributed by atoms with van der Waals surface area (Å²) in [5.74, 6) is 1.81. The molecule has 0 aliphatic heterocycles. The molecule has 1 aliphatic carbocycles. The molecule has 0 unspecified atom stereocenters. The predicted molar refractivity (Wildman–Crippen MR) is 117 cm³/mol. The third-order valence-corrected chi connectivity index (χ3v) is 5.36. The number of para-hydroxylation sites is 1. The number of fused-ring (bicyclic) bond motifs is 2. The highest BCUT2D eigenvalue weighted by Gasteiger charge is 2.25. The summed E-state index contributed by atoms with van der Waals surface area (Å²) in [6.07, 6.45) is 5.94. The molecule has 29 heavy (non-hydrogen) atoms. The Hall–Kier alpha value is -3.33. The monoisotopic (exact) mass is 384 g/mol. The summed E-state index contributed by atoms with van der Waals surface area (Å²) in [5.41, 5.74) is 4.57. The molecule has 0 saturated carbocycles. The van der Waals surface area contributed by atoms with Crippen molar-refractivity contribution < 1.29 is 14.3 Å². The first-order chi connectivity index (χ1) is 14.1. The molecule has 0 spiro atoms. The van der Waals surface area contributed by atoms with Crippen LogP contribution in [0.25, 0.3) is 10.8 Å². The lowest BCUT2D eigenvalue weighted by Gasteiger charge is -2.25. The Kier molecular flexibility index (Phi) is 5.22. The predicted octanol–water partition coefficient (Wildman–Crippen LogP) is 6.47. The molecule has 0 heterocycles. The minimum absolute atomic E-state index is 0.446. The Morgan fingerprint density at radius 2 is 1.86 bits per heavy atom. The third kappa shape index (κ3) is 3.68. The summed E-state index contributed by atoms with van der Waals surface area (Å²) < 4.78 is 12.2. The molecule has 0 N–H and O–H groups in total. The summed E-state index contributed by atoms with van der Waals surface area (Å²) in [5, 5.41) is 1.83. The van der Waals surface area contributed by atoms with E-state index in [1.54, 1.807) is 0 Å². The lowest BCUT2D eigenvalue weighted by Crippen LogP contribution is -2.12. The number of carbonyl (C=O) groups is 1. The minimum atomic E-state index is -0.446. The van der Waals surface area contributed by atoms with Crippen LogP contribution in [0, 0.1) is 6.92 Å². The van der Waals surface area contributed by atoms with Crippen molar-refractivity contribution in [3.63, 3.8) is 0 Å². The molecule has 4 rings (SSSR count). The highest BCUT2D eigenvalue weighted by atomic mass is 16.5. The summed E-state index contributed by atoms with van der Waals surface area (Å²) in [7, 11) is 0. The van der Waals surface area contributed by atoms with Crippen LogP contribution in [-0.2, 0) is 17.6 Å². The maximum Gasteiger partial charge on any atom is 0.335 e. The van der Waals surface area contributed by atoms with Crippen LogP contribution < -0.4 is 9.47 Å². The second-order valence-corrected chi connectivity index (χ2v) is 7.30. The summed E-state index contributed by atoms with van der Waals surface area (Å²) in [4.78, 5) is 12.1. The molecule has 146 valence electrons. The summed E-state index contributed by atoms with van der Waals surface area (Å²) in [6, 6.07) is 15.9. The van der Waals surface area contributed by atoms with Crippen molar-refractivity contribution in [2.75, 3.05) is 0 Å². The quantitative estimate of drug-likeness (QED) is 0.219. The summed E-state index contributed by atoms with van der Waals surface area (Å²) >= 11 is 0. The molecule has 3 aromatic carbocycles. The van der Waals surface area contributed by atoms with Gasteiger partial charge in [-0.25, -0.2) is 4.79 Å². The van der Waals surface area contributed by atoms with E-state index in [0.29, 0.717) is 5.75 Å². The van der Waals surface area contributed by atoms with Crippen LogP contribution in [0.15, 0.2) is 72.8 Å². The van der Waals surface area contributed by atoms with E-state index in [2.05, 4.69) is 32.6 Å². The fourth-order valence-corrected chi connectivity index (χ4v) is 3.84. The second kappa shape index (κ2) is 7.96. The van der Waals surface area contributed by atoms with Crippen molar-refractivity contribution in [1.82, 2.24) is 0 Å². The van der Waals surface area contributed by atoms with E-state index in [-0.39, 0.29) is 0 Å². The highest BCUT2D eigenvalue weighted by molar-refractivity contribution is 5.99.